The Balaban J connectivity index is 1.78. The molecule has 0 saturated carbocycles. The van der Waals surface area contributed by atoms with Crippen molar-refractivity contribution in [3.63, 3.8) is 0 Å². The Hall–Kier alpha value is -1.08. The largest absolute Gasteiger partial charge is 0.324 e. The first kappa shape index (κ1) is 10.1. The predicted molar refractivity (Wildman–Crippen MR) is 67.5 cm³/mol. The summed E-state index contributed by atoms with van der Waals surface area (Å²) < 4.78 is 0. The maximum absolute atomic E-state index is 5.89. The Kier molecular flexibility index (Phi) is 2.56. The molecule has 1 nitrogen and oxygen atoms in total. The van der Waals surface area contributed by atoms with Gasteiger partial charge in [-0.05, 0) is 55.2 Å². The summed E-state index contributed by atoms with van der Waals surface area (Å²) in [5.74, 6) is 0. The van der Waals surface area contributed by atoms with Crippen molar-refractivity contribution in [3.8, 4) is 0 Å². The zero-order valence-corrected chi connectivity index (χ0v) is 9.71. The fourth-order valence-electron chi connectivity index (χ4n) is 2.97. The van der Waals surface area contributed by atoms with Gasteiger partial charge in [0.2, 0.25) is 0 Å². The second kappa shape index (κ2) is 4.06. The maximum atomic E-state index is 5.89. The van der Waals surface area contributed by atoms with E-state index in [1.165, 1.54) is 36.8 Å². The first-order chi connectivity index (χ1) is 7.81. The Labute approximate surface area is 97.4 Å². The van der Waals surface area contributed by atoms with E-state index in [0.29, 0.717) is 6.04 Å². The van der Waals surface area contributed by atoms with Crippen molar-refractivity contribution >= 4 is 0 Å². The summed E-state index contributed by atoms with van der Waals surface area (Å²) in [6.07, 6.45) is 9.60. The van der Waals surface area contributed by atoms with E-state index in [2.05, 4.69) is 24.3 Å². The van der Waals surface area contributed by atoms with E-state index in [4.69, 9.17) is 5.73 Å². The Morgan fingerprint density at radius 1 is 1.12 bits per heavy atom. The van der Waals surface area contributed by atoms with E-state index in [9.17, 15) is 0 Å². The van der Waals surface area contributed by atoms with Crippen molar-refractivity contribution in [2.45, 2.75) is 44.6 Å². The molecule has 0 saturated heterocycles. The smallest absolute Gasteiger partial charge is 0.0229 e. The molecule has 0 spiro atoms. The average Bonchev–Trinajstić information content (AvgIpc) is 2.87. The van der Waals surface area contributed by atoms with Gasteiger partial charge in [-0.2, -0.15) is 0 Å². The lowest BCUT2D eigenvalue weighted by Crippen LogP contribution is -2.11. The summed E-state index contributed by atoms with van der Waals surface area (Å²) in [5, 5.41) is 0. The minimum Gasteiger partial charge on any atom is -0.324 e. The van der Waals surface area contributed by atoms with Crippen LogP contribution in [0.25, 0.3) is 0 Å². The molecule has 0 heterocycles. The van der Waals surface area contributed by atoms with Crippen LogP contribution in [-0.4, -0.2) is 6.04 Å². The third-order valence-electron chi connectivity index (χ3n) is 3.84. The zero-order chi connectivity index (χ0) is 11.0. The molecule has 16 heavy (non-hydrogen) atoms. The molecule has 0 bridgehead atoms. The lowest BCUT2D eigenvalue weighted by Gasteiger charge is -2.05. The highest BCUT2D eigenvalue weighted by molar-refractivity contribution is 5.37. The second-order valence-electron chi connectivity index (χ2n) is 5.16. The number of hydrogen-bond donors (Lipinski definition) is 1. The number of allylic oxidation sites excluding steroid dienone is 1. The Morgan fingerprint density at radius 2 is 2.00 bits per heavy atom. The highest BCUT2D eigenvalue weighted by atomic mass is 14.6. The van der Waals surface area contributed by atoms with Crippen molar-refractivity contribution in [1.82, 2.24) is 0 Å². The van der Waals surface area contributed by atoms with Crippen LogP contribution in [0.2, 0.25) is 0 Å². The highest BCUT2D eigenvalue weighted by Crippen LogP contribution is 2.26. The van der Waals surface area contributed by atoms with Gasteiger partial charge in [0.25, 0.3) is 0 Å². The van der Waals surface area contributed by atoms with E-state index in [0.717, 1.165) is 12.8 Å². The van der Waals surface area contributed by atoms with Gasteiger partial charge >= 0.3 is 0 Å². The van der Waals surface area contributed by atoms with Crippen LogP contribution in [0.1, 0.15) is 36.0 Å². The van der Waals surface area contributed by atoms with E-state index >= 15 is 0 Å². The molecule has 0 aliphatic heterocycles. The number of aryl methyl sites for hydroxylation is 2. The van der Waals surface area contributed by atoms with Gasteiger partial charge in [-0.25, -0.2) is 0 Å². The van der Waals surface area contributed by atoms with E-state index in [1.54, 1.807) is 11.1 Å². The van der Waals surface area contributed by atoms with Gasteiger partial charge in [0.15, 0.2) is 0 Å². The molecule has 2 aliphatic rings. The van der Waals surface area contributed by atoms with Gasteiger partial charge in [0.1, 0.15) is 0 Å². The Morgan fingerprint density at radius 3 is 2.81 bits per heavy atom. The third kappa shape index (κ3) is 1.92. The molecule has 1 unspecified atom stereocenters. The van der Waals surface area contributed by atoms with Crippen LogP contribution in [0.15, 0.2) is 29.8 Å². The van der Waals surface area contributed by atoms with Gasteiger partial charge in [-0.3, -0.25) is 0 Å². The van der Waals surface area contributed by atoms with E-state index < -0.39 is 0 Å². The quantitative estimate of drug-likeness (QED) is 0.751. The fourth-order valence-corrected chi connectivity index (χ4v) is 2.97. The summed E-state index contributed by atoms with van der Waals surface area (Å²) in [4.78, 5) is 0. The zero-order valence-electron chi connectivity index (χ0n) is 9.71. The molecule has 0 aromatic heterocycles. The van der Waals surface area contributed by atoms with Crippen molar-refractivity contribution in [2.75, 3.05) is 0 Å². The number of fused-ring (bicyclic) bond motifs is 1. The standard InChI is InChI=1S/C15H19N/c16-15-7-5-12(10-15)8-11-4-6-13-2-1-3-14(13)9-11/h4,6,9-10,15H,1-3,5,7-8,16H2. The summed E-state index contributed by atoms with van der Waals surface area (Å²) in [5.41, 5.74) is 12.1. The minimum atomic E-state index is 0.310. The number of nitrogens with two attached hydrogens (primary N) is 1. The van der Waals surface area contributed by atoms with E-state index in [-0.39, 0.29) is 0 Å². The molecule has 84 valence electrons. The van der Waals surface area contributed by atoms with Gasteiger partial charge < -0.3 is 5.73 Å². The van der Waals surface area contributed by atoms with Crippen LogP contribution < -0.4 is 5.73 Å². The molecular weight excluding hydrogens is 194 g/mol. The van der Waals surface area contributed by atoms with Crippen LogP contribution in [-0.2, 0) is 19.3 Å². The van der Waals surface area contributed by atoms with Crippen LogP contribution >= 0.6 is 0 Å². The maximum Gasteiger partial charge on any atom is 0.0229 e. The second-order valence-corrected chi connectivity index (χ2v) is 5.16. The summed E-state index contributed by atoms with van der Waals surface area (Å²) >= 11 is 0. The first-order valence-corrected chi connectivity index (χ1v) is 6.37. The third-order valence-corrected chi connectivity index (χ3v) is 3.84. The summed E-state index contributed by atoms with van der Waals surface area (Å²) in [6.45, 7) is 0. The van der Waals surface area contributed by atoms with Crippen LogP contribution in [0.4, 0.5) is 0 Å². The van der Waals surface area contributed by atoms with Gasteiger partial charge in [-0.15, -0.1) is 0 Å². The predicted octanol–water partition coefficient (Wildman–Crippen LogP) is 2.77. The first-order valence-electron chi connectivity index (χ1n) is 6.37. The van der Waals surface area contributed by atoms with Crippen molar-refractivity contribution in [3.05, 3.63) is 46.5 Å². The van der Waals surface area contributed by atoms with Gasteiger partial charge in [0.05, 0.1) is 0 Å². The molecule has 3 rings (SSSR count). The molecule has 0 amide bonds. The van der Waals surface area contributed by atoms with Crippen LogP contribution in [0.5, 0.6) is 0 Å². The molecule has 0 fully saturated rings. The minimum absolute atomic E-state index is 0.310. The molecule has 1 heteroatoms. The van der Waals surface area contributed by atoms with Crippen molar-refractivity contribution in [2.24, 2.45) is 5.73 Å². The summed E-state index contributed by atoms with van der Waals surface area (Å²) in [7, 11) is 0. The highest BCUT2D eigenvalue weighted by Gasteiger charge is 2.14. The molecule has 2 aliphatic carbocycles. The lowest BCUT2D eigenvalue weighted by atomic mass is 10.0. The summed E-state index contributed by atoms with van der Waals surface area (Å²) in [6, 6.07) is 7.35. The Bertz CT molecular complexity index is 431. The van der Waals surface area contributed by atoms with Crippen LogP contribution in [0.3, 0.4) is 0 Å². The topological polar surface area (TPSA) is 26.0 Å². The normalized spacial score (nSPS) is 23.3. The van der Waals surface area contributed by atoms with Crippen LogP contribution in [0, 0.1) is 0 Å². The lowest BCUT2D eigenvalue weighted by molar-refractivity contribution is 0.770. The molecule has 1 aromatic carbocycles. The van der Waals surface area contributed by atoms with Crippen molar-refractivity contribution in [1.29, 1.82) is 0 Å². The molecule has 2 N–H and O–H groups in total. The number of hydrogen-bond acceptors (Lipinski definition) is 1. The number of benzene rings is 1. The fraction of sp³-hybridized carbons (Fsp3) is 0.467. The molecular formula is C15H19N. The average molecular weight is 213 g/mol. The number of rotatable bonds is 2. The molecule has 0 radical (unpaired) electrons. The van der Waals surface area contributed by atoms with E-state index in [1.807, 2.05) is 0 Å². The SMILES string of the molecule is NC1C=C(Cc2ccc3c(c2)CCC3)CC1. The van der Waals surface area contributed by atoms with Gasteiger partial charge in [-0.1, -0.05) is 29.8 Å². The molecule has 1 atom stereocenters. The van der Waals surface area contributed by atoms with Gasteiger partial charge in [0, 0.05) is 6.04 Å². The molecule has 1 aromatic rings. The monoisotopic (exact) mass is 213 g/mol. The van der Waals surface area contributed by atoms with Crippen molar-refractivity contribution < 1.29 is 0 Å².